The van der Waals surface area contributed by atoms with E-state index in [4.69, 9.17) is 4.74 Å². The van der Waals surface area contributed by atoms with E-state index in [0.29, 0.717) is 19.1 Å². The fraction of sp³-hybridized carbons (Fsp3) is 0.714. The highest BCUT2D eigenvalue weighted by atomic mass is 16.5. The summed E-state index contributed by atoms with van der Waals surface area (Å²) in [7, 11) is 3.66. The van der Waals surface area contributed by atoms with Gasteiger partial charge in [0.25, 0.3) is 0 Å². The van der Waals surface area contributed by atoms with Crippen LogP contribution >= 0.6 is 0 Å². The van der Waals surface area contributed by atoms with Gasteiger partial charge >= 0.3 is 6.03 Å². The molecular formula is C14H25N5O2. The van der Waals surface area contributed by atoms with Gasteiger partial charge in [0, 0.05) is 51.5 Å². The van der Waals surface area contributed by atoms with Crippen molar-refractivity contribution in [3.05, 3.63) is 18.0 Å². The van der Waals surface area contributed by atoms with Crippen LogP contribution in [0, 0.1) is 0 Å². The van der Waals surface area contributed by atoms with Crippen LogP contribution in [-0.4, -0.2) is 71.5 Å². The Morgan fingerprint density at radius 2 is 2.24 bits per heavy atom. The lowest BCUT2D eigenvalue weighted by atomic mass is 10.2. The minimum absolute atomic E-state index is 0.0565. The second-order valence-electron chi connectivity index (χ2n) is 5.56. The lowest BCUT2D eigenvalue weighted by Gasteiger charge is -2.32. The van der Waals surface area contributed by atoms with E-state index in [1.807, 2.05) is 13.2 Å². The topological polar surface area (TPSA) is 62.6 Å². The summed E-state index contributed by atoms with van der Waals surface area (Å²) in [6.07, 6.45) is 3.69. The minimum Gasteiger partial charge on any atom is -0.379 e. The first kappa shape index (κ1) is 15.8. The molecule has 1 aliphatic rings. The molecule has 0 spiro atoms. The van der Waals surface area contributed by atoms with Crippen LogP contribution in [0.2, 0.25) is 0 Å². The van der Waals surface area contributed by atoms with Gasteiger partial charge in [-0.3, -0.25) is 9.58 Å². The van der Waals surface area contributed by atoms with Gasteiger partial charge in [0.2, 0.25) is 0 Å². The molecule has 0 aromatic carbocycles. The smallest absolute Gasteiger partial charge is 0.317 e. The molecule has 2 rings (SSSR count). The summed E-state index contributed by atoms with van der Waals surface area (Å²) in [5, 5.41) is 7.09. The van der Waals surface area contributed by atoms with Gasteiger partial charge < -0.3 is 15.0 Å². The summed E-state index contributed by atoms with van der Waals surface area (Å²) in [5.74, 6) is 0. The number of urea groups is 1. The van der Waals surface area contributed by atoms with Crippen molar-refractivity contribution in [2.45, 2.75) is 19.5 Å². The van der Waals surface area contributed by atoms with Crippen LogP contribution in [0.15, 0.2) is 12.4 Å². The third kappa shape index (κ3) is 4.71. The predicted octanol–water partition coefficient (Wildman–Crippen LogP) is 0.282. The van der Waals surface area contributed by atoms with E-state index in [-0.39, 0.29) is 6.03 Å². The first-order valence-electron chi connectivity index (χ1n) is 7.34. The number of morpholine rings is 1. The maximum absolute atomic E-state index is 12.1. The fourth-order valence-electron chi connectivity index (χ4n) is 2.42. The molecule has 1 aliphatic heterocycles. The average Bonchev–Trinajstić information content (AvgIpc) is 2.90. The number of aryl methyl sites for hydroxylation is 1. The van der Waals surface area contributed by atoms with Gasteiger partial charge in [-0.25, -0.2) is 4.79 Å². The molecule has 1 saturated heterocycles. The van der Waals surface area contributed by atoms with Gasteiger partial charge in [-0.2, -0.15) is 5.10 Å². The number of nitrogens with zero attached hydrogens (tertiary/aromatic N) is 4. The van der Waals surface area contributed by atoms with Crippen molar-refractivity contribution >= 4 is 6.03 Å². The third-order valence-corrected chi connectivity index (χ3v) is 3.74. The lowest BCUT2D eigenvalue weighted by Crippen LogP contribution is -2.49. The summed E-state index contributed by atoms with van der Waals surface area (Å²) < 4.78 is 7.07. The Balaban J connectivity index is 1.72. The molecule has 7 heteroatoms. The van der Waals surface area contributed by atoms with Crippen molar-refractivity contribution in [2.24, 2.45) is 7.05 Å². The number of hydrogen-bond acceptors (Lipinski definition) is 4. The maximum atomic E-state index is 12.1. The van der Waals surface area contributed by atoms with E-state index >= 15 is 0 Å². The summed E-state index contributed by atoms with van der Waals surface area (Å²) in [6.45, 7) is 6.76. The Morgan fingerprint density at radius 1 is 1.52 bits per heavy atom. The van der Waals surface area contributed by atoms with Crippen LogP contribution in [0.1, 0.15) is 12.5 Å². The Labute approximate surface area is 125 Å². The molecule has 0 saturated carbocycles. The van der Waals surface area contributed by atoms with E-state index in [1.165, 1.54) is 0 Å². The van der Waals surface area contributed by atoms with Gasteiger partial charge in [0.05, 0.1) is 26.0 Å². The van der Waals surface area contributed by atoms with Crippen molar-refractivity contribution in [1.29, 1.82) is 0 Å². The van der Waals surface area contributed by atoms with E-state index in [9.17, 15) is 4.79 Å². The van der Waals surface area contributed by atoms with E-state index in [1.54, 1.807) is 22.8 Å². The zero-order chi connectivity index (χ0) is 15.2. The molecule has 1 atom stereocenters. The van der Waals surface area contributed by atoms with Crippen LogP contribution < -0.4 is 5.32 Å². The standard InChI is InChI=1S/C14H25N5O2/c1-12(19-4-6-21-7-5-19)8-15-14(20)17(2)10-13-9-16-18(3)11-13/h9,11-12H,4-8,10H2,1-3H3,(H,15,20)/t12-/m0/s1. The number of aromatic nitrogens is 2. The summed E-state index contributed by atoms with van der Waals surface area (Å²) in [5.41, 5.74) is 1.02. The molecule has 0 unspecified atom stereocenters. The lowest BCUT2D eigenvalue weighted by molar-refractivity contribution is 0.0207. The Morgan fingerprint density at radius 3 is 2.86 bits per heavy atom. The van der Waals surface area contributed by atoms with Gasteiger partial charge in [-0.15, -0.1) is 0 Å². The second kappa shape index (κ2) is 7.42. The first-order chi connectivity index (χ1) is 10.1. The van der Waals surface area contributed by atoms with Crippen LogP contribution in [-0.2, 0) is 18.3 Å². The zero-order valence-corrected chi connectivity index (χ0v) is 13.1. The molecule has 1 aromatic rings. The molecular weight excluding hydrogens is 270 g/mol. The predicted molar refractivity (Wildman–Crippen MR) is 79.9 cm³/mol. The Bertz CT molecular complexity index is 456. The van der Waals surface area contributed by atoms with Crippen LogP contribution in [0.25, 0.3) is 0 Å². The Hall–Kier alpha value is -1.60. The highest BCUT2D eigenvalue weighted by Crippen LogP contribution is 2.04. The minimum atomic E-state index is -0.0565. The number of ether oxygens (including phenoxy) is 1. The molecule has 2 amide bonds. The van der Waals surface area contributed by atoms with E-state index in [0.717, 1.165) is 31.9 Å². The average molecular weight is 295 g/mol. The van der Waals surface area contributed by atoms with Crippen molar-refractivity contribution in [3.63, 3.8) is 0 Å². The monoisotopic (exact) mass is 295 g/mol. The number of hydrogen-bond donors (Lipinski definition) is 1. The van der Waals surface area contributed by atoms with Crippen LogP contribution in [0.5, 0.6) is 0 Å². The first-order valence-corrected chi connectivity index (χ1v) is 7.34. The van der Waals surface area contributed by atoms with E-state index < -0.39 is 0 Å². The number of amides is 2. The van der Waals surface area contributed by atoms with Crippen molar-refractivity contribution in [2.75, 3.05) is 39.9 Å². The summed E-state index contributed by atoms with van der Waals surface area (Å²) in [4.78, 5) is 16.1. The van der Waals surface area contributed by atoms with Crippen LogP contribution in [0.3, 0.4) is 0 Å². The molecule has 1 aromatic heterocycles. The second-order valence-corrected chi connectivity index (χ2v) is 5.56. The molecule has 118 valence electrons. The molecule has 0 aliphatic carbocycles. The number of carbonyl (C=O) groups is 1. The zero-order valence-electron chi connectivity index (χ0n) is 13.1. The summed E-state index contributed by atoms with van der Waals surface area (Å²) >= 11 is 0. The molecule has 0 radical (unpaired) electrons. The van der Waals surface area contributed by atoms with Gasteiger partial charge in [0.15, 0.2) is 0 Å². The molecule has 1 fully saturated rings. The van der Waals surface area contributed by atoms with Crippen molar-refractivity contribution in [1.82, 2.24) is 24.9 Å². The molecule has 1 N–H and O–H groups in total. The van der Waals surface area contributed by atoms with Crippen LogP contribution in [0.4, 0.5) is 4.79 Å². The molecule has 0 bridgehead atoms. The van der Waals surface area contributed by atoms with Crippen molar-refractivity contribution < 1.29 is 9.53 Å². The molecule has 21 heavy (non-hydrogen) atoms. The largest absolute Gasteiger partial charge is 0.379 e. The summed E-state index contributed by atoms with van der Waals surface area (Å²) in [6, 6.07) is 0.267. The van der Waals surface area contributed by atoms with Gasteiger partial charge in [-0.1, -0.05) is 0 Å². The van der Waals surface area contributed by atoms with Gasteiger partial charge in [-0.05, 0) is 6.92 Å². The normalized spacial score (nSPS) is 17.5. The Kier molecular flexibility index (Phi) is 5.58. The highest BCUT2D eigenvalue weighted by Gasteiger charge is 2.18. The van der Waals surface area contributed by atoms with Gasteiger partial charge in [0.1, 0.15) is 0 Å². The van der Waals surface area contributed by atoms with Crippen molar-refractivity contribution in [3.8, 4) is 0 Å². The molecule has 2 heterocycles. The number of carbonyl (C=O) groups excluding carboxylic acids is 1. The third-order valence-electron chi connectivity index (χ3n) is 3.74. The highest BCUT2D eigenvalue weighted by molar-refractivity contribution is 5.73. The SMILES string of the molecule is C[C@@H](CNC(=O)N(C)Cc1cnn(C)c1)N1CCOCC1. The number of nitrogens with one attached hydrogen (secondary N) is 1. The maximum Gasteiger partial charge on any atom is 0.317 e. The fourth-order valence-corrected chi connectivity index (χ4v) is 2.42. The number of rotatable bonds is 5. The molecule has 7 nitrogen and oxygen atoms in total. The van der Waals surface area contributed by atoms with E-state index in [2.05, 4.69) is 22.2 Å². The quantitative estimate of drug-likeness (QED) is 0.848.